The van der Waals surface area contributed by atoms with E-state index < -0.39 is 0 Å². The lowest BCUT2D eigenvalue weighted by Crippen LogP contribution is -2.01. The highest BCUT2D eigenvalue weighted by Crippen LogP contribution is 2.17. The van der Waals surface area contributed by atoms with Crippen molar-refractivity contribution in [2.45, 2.75) is 19.8 Å². The Morgan fingerprint density at radius 2 is 2.17 bits per heavy atom. The molecule has 0 amide bonds. The molecule has 1 aromatic carbocycles. The van der Waals surface area contributed by atoms with Gasteiger partial charge in [-0.3, -0.25) is 4.79 Å². The SMILES string of the molecule is CCOc1cccc(C(=O)CCc2cccs2)c1. The Labute approximate surface area is 111 Å². The van der Waals surface area contributed by atoms with E-state index >= 15 is 0 Å². The van der Waals surface area contributed by atoms with E-state index in [1.807, 2.05) is 42.6 Å². The summed E-state index contributed by atoms with van der Waals surface area (Å²) < 4.78 is 5.40. The van der Waals surface area contributed by atoms with E-state index in [2.05, 4.69) is 6.07 Å². The second-order valence-corrected chi connectivity index (χ2v) is 5.00. The maximum atomic E-state index is 12.0. The van der Waals surface area contributed by atoms with E-state index in [1.54, 1.807) is 11.3 Å². The van der Waals surface area contributed by atoms with Crippen molar-refractivity contribution in [3.63, 3.8) is 0 Å². The van der Waals surface area contributed by atoms with Crippen molar-refractivity contribution in [2.24, 2.45) is 0 Å². The summed E-state index contributed by atoms with van der Waals surface area (Å²) in [5.74, 6) is 0.935. The molecule has 18 heavy (non-hydrogen) atoms. The lowest BCUT2D eigenvalue weighted by atomic mass is 10.1. The van der Waals surface area contributed by atoms with Crippen molar-refractivity contribution in [3.8, 4) is 5.75 Å². The fourth-order valence-electron chi connectivity index (χ4n) is 1.76. The fourth-order valence-corrected chi connectivity index (χ4v) is 2.47. The van der Waals surface area contributed by atoms with Gasteiger partial charge >= 0.3 is 0 Å². The van der Waals surface area contributed by atoms with E-state index in [0.717, 1.165) is 17.7 Å². The number of hydrogen-bond donors (Lipinski definition) is 0. The summed E-state index contributed by atoms with van der Waals surface area (Å²) >= 11 is 1.69. The summed E-state index contributed by atoms with van der Waals surface area (Å²) in [4.78, 5) is 13.3. The minimum atomic E-state index is 0.171. The van der Waals surface area contributed by atoms with Crippen LogP contribution in [-0.4, -0.2) is 12.4 Å². The predicted octanol–water partition coefficient (Wildman–Crippen LogP) is 3.96. The van der Waals surface area contributed by atoms with Crippen LogP contribution in [0.4, 0.5) is 0 Å². The Morgan fingerprint density at radius 3 is 2.89 bits per heavy atom. The summed E-state index contributed by atoms with van der Waals surface area (Å²) in [5.41, 5.74) is 0.734. The van der Waals surface area contributed by atoms with Gasteiger partial charge in [-0.1, -0.05) is 18.2 Å². The average molecular weight is 260 g/mol. The molecule has 0 bridgehead atoms. The Balaban J connectivity index is 1.97. The molecule has 0 aliphatic carbocycles. The minimum Gasteiger partial charge on any atom is -0.494 e. The van der Waals surface area contributed by atoms with Crippen molar-refractivity contribution in [1.82, 2.24) is 0 Å². The molecule has 0 N–H and O–H groups in total. The van der Waals surface area contributed by atoms with Gasteiger partial charge in [0.1, 0.15) is 5.75 Å². The second-order valence-electron chi connectivity index (χ2n) is 3.96. The predicted molar refractivity (Wildman–Crippen MR) is 74.6 cm³/mol. The van der Waals surface area contributed by atoms with Crippen molar-refractivity contribution >= 4 is 17.1 Å². The van der Waals surface area contributed by atoms with Crippen LogP contribution in [0.15, 0.2) is 41.8 Å². The molecule has 1 heterocycles. The number of thiophene rings is 1. The van der Waals surface area contributed by atoms with Crippen LogP contribution in [0.5, 0.6) is 5.75 Å². The first-order valence-electron chi connectivity index (χ1n) is 6.08. The summed E-state index contributed by atoms with van der Waals surface area (Å²) in [6.45, 7) is 2.55. The van der Waals surface area contributed by atoms with Crippen LogP contribution in [0, 0.1) is 0 Å². The summed E-state index contributed by atoms with van der Waals surface area (Å²) in [6.07, 6.45) is 1.37. The van der Waals surface area contributed by atoms with Gasteiger partial charge in [0.05, 0.1) is 6.61 Å². The molecular formula is C15H16O2S. The molecular weight excluding hydrogens is 244 g/mol. The molecule has 2 rings (SSSR count). The highest BCUT2D eigenvalue weighted by Gasteiger charge is 2.07. The maximum Gasteiger partial charge on any atom is 0.163 e. The smallest absolute Gasteiger partial charge is 0.163 e. The van der Waals surface area contributed by atoms with Gasteiger partial charge < -0.3 is 4.74 Å². The van der Waals surface area contributed by atoms with E-state index in [1.165, 1.54) is 4.88 Å². The van der Waals surface area contributed by atoms with Crippen molar-refractivity contribution in [3.05, 3.63) is 52.2 Å². The molecule has 0 atom stereocenters. The third-order valence-corrected chi connectivity index (χ3v) is 3.58. The van der Waals surface area contributed by atoms with Crippen LogP contribution in [0.25, 0.3) is 0 Å². The molecule has 3 heteroatoms. The van der Waals surface area contributed by atoms with Crippen LogP contribution in [0.2, 0.25) is 0 Å². The normalized spacial score (nSPS) is 10.3. The van der Waals surface area contributed by atoms with Gasteiger partial charge in [0.25, 0.3) is 0 Å². The van der Waals surface area contributed by atoms with Crippen LogP contribution in [0.1, 0.15) is 28.6 Å². The molecule has 2 nitrogen and oxygen atoms in total. The second kappa shape index (κ2) is 6.36. The standard InChI is InChI=1S/C15H16O2S/c1-2-17-13-6-3-5-12(11-13)15(16)9-8-14-7-4-10-18-14/h3-7,10-11H,2,8-9H2,1H3. The molecule has 0 spiro atoms. The van der Waals surface area contributed by atoms with E-state index in [0.29, 0.717) is 13.0 Å². The number of benzene rings is 1. The number of ketones is 1. The number of Topliss-reactive ketones (excluding diaryl/α,β-unsaturated/α-hetero) is 1. The number of hydrogen-bond acceptors (Lipinski definition) is 3. The molecule has 0 aliphatic heterocycles. The van der Waals surface area contributed by atoms with Crippen LogP contribution in [0.3, 0.4) is 0 Å². The third-order valence-electron chi connectivity index (χ3n) is 2.65. The summed E-state index contributed by atoms with van der Waals surface area (Å²) in [7, 11) is 0. The third kappa shape index (κ3) is 3.44. The molecule has 0 unspecified atom stereocenters. The molecule has 0 saturated heterocycles. The lowest BCUT2D eigenvalue weighted by Gasteiger charge is -2.05. The van der Waals surface area contributed by atoms with Gasteiger partial charge in [-0.15, -0.1) is 11.3 Å². The number of carbonyl (C=O) groups is 1. The highest BCUT2D eigenvalue weighted by molar-refractivity contribution is 7.09. The van der Waals surface area contributed by atoms with Gasteiger partial charge in [0, 0.05) is 16.9 Å². The maximum absolute atomic E-state index is 12.0. The molecule has 0 aliphatic rings. The summed E-state index contributed by atoms with van der Waals surface area (Å²) in [6, 6.07) is 11.5. The number of carbonyl (C=O) groups excluding carboxylic acids is 1. The molecule has 0 radical (unpaired) electrons. The zero-order valence-corrected chi connectivity index (χ0v) is 11.2. The Kier molecular flexibility index (Phi) is 4.53. The minimum absolute atomic E-state index is 0.171. The van der Waals surface area contributed by atoms with Gasteiger partial charge in [0.2, 0.25) is 0 Å². The van der Waals surface area contributed by atoms with Crippen molar-refractivity contribution in [1.29, 1.82) is 0 Å². The number of ether oxygens (including phenoxy) is 1. The first kappa shape index (κ1) is 12.8. The van der Waals surface area contributed by atoms with Gasteiger partial charge in [0.15, 0.2) is 5.78 Å². The topological polar surface area (TPSA) is 26.3 Å². The quantitative estimate of drug-likeness (QED) is 0.735. The first-order chi connectivity index (χ1) is 8.79. The van der Waals surface area contributed by atoms with E-state index in [-0.39, 0.29) is 5.78 Å². The zero-order valence-electron chi connectivity index (χ0n) is 10.4. The zero-order chi connectivity index (χ0) is 12.8. The number of aryl methyl sites for hydroxylation is 1. The van der Waals surface area contributed by atoms with Crippen LogP contribution >= 0.6 is 11.3 Å². The molecule has 94 valence electrons. The average Bonchev–Trinajstić information content (AvgIpc) is 2.90. The summed E-state index contributed by atoms with van der Waals surface area (Å²) in [5, 5.41) is 2.04. The van der Waals surface area contributed by atoms with Gasteiger partial charge in [-0.05, 0) is 36.9 Å². The van der Waals surface area contributed by atoms with Crippen LogP contribution in [-0.2, 0) is 6.42 Å². The Morgan fingerprint density at radius 1 is 1.28 bits per heavy atom. The van der Waals surface area contributed by atoms with Crippen molar-refractivity contribution in [2.75, 3.05) is 6.61 Å². The Bertz CT molecular complexity index is 503. The largest absolute Gasteiger partial charge is 0.494 e. The van der Waals surface area contributed by atoms with Gasteiger partial charge in [-0.2, -0.15) is 0 Å². The van der Waals surface area contributed by atoms with Gasteiger partial charge in [-0.25, -0.2) is 0 Å². The first-order valence-corrected chi connectivity index (χ1v) is 6.96. The van der Waals surface area contributed by atoms with E-state index in [4.69, 9.17) is 4.74 Å². The molecule has 0 fully saturated rings. The highest BCUT2D eigenvalue weighted by atomic mass is 32.1. The monoisotopic (exact) mass is 260 g/mol. The Hall–Kier alpha value is -1.61. The van der Waals surface area contributed by atoms with E-state index in [9.17, 15) is 4.79 Å². The number of rotatable bonds is 6. The molecule has 2 aromatic rings. The lowest BCUT2D eigenvalue weighted by molar-refractivity contribution is 0.0982. The molecule has 0 saturated carbocycles. The van der Waals surface area contributed by atoms with Crippen LogP contribution < -0.4 is 4.74 Å². The van der Waals surface area contributed by atoms with Crippen molar-refractivity contribution < 1.29 is 9.53 Å². The fraction of sp³-hybridized carbons (Fsp3) is 0.267. The molecule has 1 aromatic heterocycles.